The normalized spacial score (nSPS) is 16.9. The number of anilines is 1. The molecular formula is C21H32N4O. The van der Waals surface area contributed by atoms with Crippen molar-refractivity contribution in [2.45, 2.75) is 45.1 Å². The maximum Gasteiger partial charge on any atom is 0.224 e. The Morgan fingerprint density at radius 1 is 1.23 bits per heavy atom. The molecule has 1 aliphatic rings. The number of nitrogens with one attached hydrogen (secondary N) is 1. The molecule has 5 nitrogen and oxygen atoms in total. The van der Waals surface area contributed by atoms with Crippen LogP contribution in [0.1, 0.15) is 38.5 Å². The third-order valence-electron chi connectivity index (χ3n) is 5.73. The fraction of sp³-hybridized carbons (Fsp3) is 0.571. The second kappa shape index (κ2) is 8.23. The number of benzene rings is 1. The van der Waals surface area contributed by atoms with Crippen LogP contribution in [0.15, 0.2) is 30.5 Å². The van der Waals surface area contributed by atoms with Gasteiger partial charge in [-0.15, -0.1) is 0 Å². The summed E-state index contributed by atoms with van der Waals surface area (Å²) in [6.07, 6.45) is 8.44. The van der Waals surface area contributed by atoms with Crippen molar-refractivity contribution in [1.29, 1.82) is 0 Å². The first-order valence-corrected chi connectivity index (χ1v) is 9.75. The number of nitrogens with two attached hydrogens (primary N) is 1. The van der Waals surface area contributed by atoms with Crippen LogP contribution < -0.4 is 11.1 Å². The second-order valence-electron chi connectivity index (χ2n) is 8.08. The smallest absolute Gasteiger partial charge is 0.224 e. The molecule has 26 heavy (non-hydrogen) atoms. The van der Waals surface area contributed by atoms with Crippen LogP contribution in [0, 0.1) is 5.41 Å². The number of nitrogens with zero attached hydrogens (tertiary/aromatic N) is 2. The van der Waals surface area contributed by atoms with Crippen molar-refractivity contribution in [3.8, 4) is 0 Å². The SMILES string of the molecule is CN(C)CCn1ccc2ccc(NC(=O)CC3(CN)CCCCC3)cc21. The molecule has 0 spiro atoms. The summed E-state index contributed by atoms with van der Waals surface area (Å²) in [4.78, 5) is 14.8. The molecule has 3 N–H and O–H groups in total. The van der Waals surface area contributed by atoms with E-state index in [0.717, 1.165) is 37.1 Å². The maximum atomic E-state index is 12.6. The zero-order chi connectivity index (χ0) is 18.6. The van der Waals surface area contributed by atoms with Crippen molar-refractivity contribution >= 4 is 22.5 Å². The van der Waals surface area contributed by atoms with E-state index in [1.807, 2.05) is 6.07 Å². The van der Waals surface area contributed by atoms with Gasteiger partial charge in [0.05, 0.1) is 5.52 Å². The van der Waals surface area contributed by atoms with E-state index in [1.54, 1.807) is 0 Å². The molecule has 0 bridgehead atoms. The summed E-state index contributed by atoms with van der Waals surface area (Å²) in [5.74, 6) is 0.0862. The van der Waals surface area contributed by atoms with Gasteiger partial charge >= 0.3 is 0 Å². The lowest BCUT2D eigenvalue weighted by Gasteiger charge is -2.35. The second-order valence-corrected chi connectivity index (χ2v) is 8.08. The third-order valence-corrected chi connectivity index (χ3v) is 5.73. The van der Waals surface area contributed by atoms with Crippen LogP contribution in [-0.2, 0) is 11.3 Å². The van der Waals surface area contributed by atoms with Crippen molar-refractivity contribution < 1.29 is 4.79 Å². The summed E-state index contributed by atoms with van der Waals surface area (Å²) in [7, 11) is 4.16. The van der Waals surface area contributed by atoms with Crippen LogP contribution in [0.3, 0.4) is 0 Å². The standard InChI is InChI=1S/C21H32N4O/c1-24(2)12-13-25-11-8-17-6-7-18(14-19(17)25)23-20(26)15-21(16-22)9-4-3-5-10-21/h6-8,11,14H,3-5,9-10,12-13,15-16,22H2,1-2H3,(H,23,26). The van der Waals surface area contributed by atoms with E-state index < -0.39 is 0 Å². The Hall–Kier alpha value is -1.85. The molecule has 1 aliphatic carbocycles. The lowest BCUT2D eigenvalue weighted by molar-refractivity contribution is -0.118. The van der Waals surface area contributed by atoms with Gasteiger partial charge in [0.25, 0.3) is 0 Å². The van der Waals surface area contributed by atoms with E-state index in [4.69, 9.17) is 5.73 Å². The van der Waals surface area contributed by atoms with Crippen molar-refractivity contribution in [3.05, 3.63) is 30.5 Å². The summed E-state index contributed by atoms with van der Waals surface area (Å²) in [5.41, 5.74) is 8.06. The first kappa shape index (κ1) is 18.9. The molecule has 1 aromatic heterocycles. The van der Waals surface area contributed by atoms with E-state index in [-0.39, 0.29) is 11.3 Å². The average molecular weight is 357 g/mol. The molecule has 142 valence electrons. The van der Waals surface area contributed by atoms with Gasteiger partial charge in [0.2, 0.25) is 5.91 Å². The minimum atomic E-state index is -0.00162. The molecule has 5 heteroatoms. The van der Waals surface area contributed by atoms with Gasteiger partial charge in [-0.1, -0.05) is 25.3 Å². The number of amides is 1. The Balaban J connectivity index is 1.69. The molecule has 2 aromatic rings. The van der Waals surface area contributed by atoms with Gasteiger partial charge in [-0.2, -0.15) is 0 Å². The predicted molar refractivity (Wildman–Crippen MR) is 108 cm³/mol. The van der Waals surface area contributed by atoms with Gasteiger partial charge in [-0.05, 0) is 62.5 Å². The number of likely N-dealkylation sites (N-methyl/N-ethyl adjacent to an activating group) is 1. The van der Waals surface area contributed by atoms with Crippen molar-refractivity contribution in [2.24, 2.45) is 11.1 Å². The molecule has 1 fully saturated rings. The van der Waals surface area contributed by atoms with E-state index in [0.29, 0.717) is 13.0 Å². The van der Waals surface area contributed by atoms with Crippen molar-refractivity contribution in [3.63, 3.8) is 0 Å². The monoisotopic (exact) mass is 356 g/mol. The number of rotatable bonds is 7. The Morgan fingerprint density at radius 2 is 2.00 bits per heavy atom. The molecule has 0 radical (unpaired) electrons. The van der Waals surface area contributed by atoms with Crippen LogP contribution in [0.25, 0.3) is 10.9 Å². The molecule has 3 rings (SSSR count). The highest BCUT2D eigenvalue weighted by Crippen LogP contribution is 2.38. The number of carbonyl (C=O) groups excluding carboxylic acids is 1. The summed E-state index contributed by atoms with van der Waals surface area (Å²) in [6, 6.07) is 8.28. The minimum absolute atomic E-state index is 0.00162. The summed E-state index contributed by atoms with van der Waals surface area (Å²) >= 11 is 0. The summed E-state index contributed by atoms with van der Waals surface area (Å²) in [5, 5.41) is 4.31. The lowest BCUT2D eigenvalue weighted by atomic mass is 9.71. The predicted octanol–water partition coefficient (Wildman–Crippen LogP) is 3.44. The Morgan fingerprint density at radius 3 is 2.69 bits per heavy atom. The first-order valence-electron chi connectivity index (χ1n) is 9.75. The average Bonchev–Trinajstić information content (AvgIpc) is 3.03. The fourth-order valence-electron chi connectivity index (χ4n) is 4.07. The Bertz CT molecular complexity index is 744. The molecule has 0 unspecified atom stereocenters. The fourth-order valence-corrected chi connectivity index (χ4v) is 4.07. The molecule has 1 heterocycles. The van der Waals surface area contributed by atoms with Crippen LogP contribution in [0.2, 0.25) is 0 Å². The van der Waals surface area contributed by atoms with Gasteiger partial charge in [-0.3, -0.25) is 4.79 Å². The van der Waals surface area contributed by atoms with Crippen LogP contribution in [0.4, 0.5) is 5.69 Å². The molecule has 1 saturated carbocycles. The van der Waals surface area contributed by atoms with E-state index in [9.17, 15) is 4.79 Å². The van der Waals surface area contributed by atoms with Gasteiger partial charge in [0.15, 0.2) is 0 Å². The quantitative estimate of drug-likeness (QED) is 0.799. The van der Waals surface area contributed by atoms with Crippen molar-refractivity contribution in [2.75, 3.05) is 32.5 Å². The molecule has 1 aromatic carbocycles. The van der Waals surface area contributed by atoms with Gasteiger partial charge in [-0.25, -0.2) is 0 Å². The number of aromatic nitrogens is 1. The van der Waals surface area contributed by atoms with E-state index in [1.165, 1.54) is 24.6 Å². The molecule has 1 amide bonds. The first-order chi connectivity index (χ1) is 12.5. The Labute approximate surface area is 156 Å². The maximum absolute atomic E-state index is 12.6. The zero-order valence-electron chi connectivity index (χ0n) is 16.1. The highest BCUT2D eigenvalue weighted by Gasteiger charge is 2.32. The Kier molecular flexibility index (Phi) is 5.99. The van der Waals surface area contributed by atoms with Crippen LogP contribution in [-0.4, -0.2) is 42.6 Å². The van der Waals surface area contributed by atoms with Gasteiger partial charge in [0.1, 0.15) is 0 Å². The molecular weight excluding hydrogens is 324 g/mol. The minimum Gasteiger partial charge on any atom is -0.346 e. The number of hydrogen-bond acceptors (Lipinski definition) is 3. The third kappa shape index (κ3) is 4.46. The molecule has 0 saturated heterocycles. The highest BCUT2D eigenvalue weighted by molar-refractivity contribution is 5.94. The van der Waals surface area contributed by atoms with Crippen molar-refractivity contribution in [1.82, 2.24) is 9.47 Å². The van der Waals surface area contributed by atoms with E-state index in [2.05, 4.69) is 53.3 Å². The van der Waals surface area contributed by atoms with Crippen LogP contribution in [0.5, 0.6) is 0 Å². The summed E-state index contributed by atoms with van der Waals surface area (Å²) in [6.45, 7) is 2.52. The lowest BCUT2D eigenvalue weighted by Crippen LogP contribution is -2.36. The highest BCUT2D eigenvalue weighted by atomic mass is 16.1. The van der Waals surface area contributed by atoms with Crippen LogP contribution >= 0.6 is 0 Å². The number of fused-ring (bicyclic) bond motifs is 1. The van der Waals surface area contributed by atoms with Gasteiger partial charge < -0.3 is 20.5 Å². The largest absolute Gasteiger partial charge is 0.346 e. The molecule has 0 aliphatic heterocycles. The van der Waals surface area contributed by atoms with Gasteiger partial charge in [0, 0.05) is 31.4 Å². The number of carbonyl (C=O) groups is 1. The van der Waals surface area contributed by atoms with E-state index >= 15 is 0 Å². The molecule has 0 atom stereocenters. The topological polar surface area (TPSA) is 63.3 Å². The zero-order valence-corrected chi connectivity index (χ0v) is 16.1. The number of hydrogen-bond donors (Lipinski definition) is 2. The summed E-state index contributed by atoms with van der Waals surface area (Å²) < 4.78 is 2.24.